The van der Waals surface area contributed by atoms with Crippen LogP contribution in [-0.2, 0) is 11.2 Å². The highest BCUT2D eigenvalue weighted by atomic mass is 32.1. The summed E-state index contributed by atoms with van der Waals surface area (Å²) in [6.45, 7) is 4.07. The molecule has 3 N–H and O–H groups in total. The number of nitrogen functional groups attached to an aromatic ring is 1. The average molecular weight is 449 g/mol. The number of anilines is 1. The lowest BCUT2D eigenvalue weighted by Crippen LogP contribution is -2.41. The van der Waals surface area contributed by atoms with Gasteiger partial charge in [-0.2, -0.15) is 0 Å². The number of ketones is 1. The zero-order valence-electron chi connectivity index (χ0n) is 18.4. The number of amides is 1. The van der Waals surface area contributed by atoms with Gasteiger partial charge in [-0.15, -0.1) is 11.3 Å². The minimum Gasteiger partial charge on any atom is -0.398 e. The van der Waals surface area contributed by atoms with E-state index in [0.717, 1.165) is 5.56 Å². The molecule has 166 valence electrons. The summed E-state index contributed by atoms with van der Waals surface area (Å²) in [6.07, 6.45) is 0.522. The number of nitrogens with two attached hydrogens (primary N) is 1. The molecule has 0 unspecified atom stereocenters. The fourth-order valence-electron chi connectivity index (χ4n) is 4.31. The first-order valence-corrected chi connectivity index (χ1v) is 11.7. The number of hydrogen-bond acceptors (Lipinski definition) is 5. The summed E-state index contributed by atoms with van der Waals surface area (Å²) < 4.78 is 0. The largest absolute Gasteiger partial charge is 0.398 e. The standard InChI is InChI=1S/C26H28N2O3S/c1-16-12-13-32-25(16)19-9-6-18(7-10-19)8-11-24(30)23-14-20(29)15-28(23)26(31)21-4-3-5-22(27)17(21)2/h3-7,9-10,12-13,20,23,29H,8,11,14-15,27H2,1-2H3/t20-,23+/m1/s1. The zero-order valence-corrected chi connectivity index (χ0v) is 19.2. The molecule has 4 rings (SSSR count). The third-order valence-corrected chi connectivity index (χ3v) is 7.32. The molecular weight excluding hydrogens is 420 g/mol. The summed E-state index contributed by atoms with van der Waals surface area (Å²) in [6, 6.07) is 15.0. The van der Waals surface area contributed by atoms with Gasteiger partial charge in [0.25, 0.3) is 5.91 Å². The van der Waals surface area contributed by atoms with Crippen LogP contribution in [0.4, 0.5) is 5.69 Å². The maximum absolute atomic E-state index is 13.1. The number of aliphatic hydroxyl groups excluding tert-OH is 1. The summed E-state index contributed by atoms with van der Waals surface area (Å²) in [4.78, 5) is 28.9. The van der Waals surface area contributed by atoms with Crippen LogP contribution < -0.4 is 5.73 Å². The van der Waals surface area contributed by atoms with Crippen molar-refractivity contribution < 1.29 is 14.7 Å². The number of aliphatic hydroxyl groups is 1. The van der Waals surface area contributed by atoms with Crippen LogP contribution in [-0.4, -0.2) is 40.4 Å². The molecule has 2 heterocycles. The number of β-amino-alcohol motifs (C(OH)–C–C–N with tert-alkyl or cyclic N) is 1. The maximum atomic E-state index is 13.1. The molecule has 1 fully saturated rings. The number of nitrogens with zero attached hydrogens (tertiary/aromatic N) is 1. The fourth-order valence-corrected chi connectivity index (χ4v) is 5.24. The highest BCUT2D eigenvalue weighted by molar-refractivity contribution is 7.13. The molecule has 0 bridgehead atoms. The number of carbonyl (C=O) groups excluding carboxylic acids is 2. The van der Waals surface area contributed by atoms with E-state index in [-0.39, 0.29) is 24.7 Å². The van der Waals surface area contributed by atoms with Crippen LogP contribution in [0.15, 0.2) is 53.9 Å². The second-order valence-electron chi connectivity index (χ2n) is 8.48. The Morgan fingerprint density at radius 1 is 1.12 bits per heavy atom. The minimum atomic E-state index is -0.692. The van der Waals surface area contributed by atoms with Crippen LogP contribution in [0.1, 0.15) is 39.9 Å². The van der Waals surface area contributed by atoms with Gasteiger partial charge in [0, 0.05) is 35.5 Å². The molecule has 1 aliphatic rings. The van der Waals surface area contributed by atoms with Gasteiger partial charge < -0.3 is 15.7 Å². The highest BCUT2D eigenvalue weighted by Gasteiger charge is 2.39. The van der Waals surface area contributed by atoms with E-state index < -0.39 is 12.1 Å². The number of aryl methyl sites for hydroxylation is 2. The lowest BCUT2D eigenvalue weighted by Gasteiger charge is -2.24. The molecule has 1 aromatic heterocycles. The van der Waals surface area contributed by atoms with E-state index in [1.165, 1.54) is 20.9 Å². The molecule has 32 heavy (non-hydrogen) atoms. The molecule has 0 aliphatic carbocycles. The Morgan fingerprint density at radius 3 is 2.56 bits per heavy atom. The number of Topliss-reactive ketones (excluding diaryl/α,β-unsaturated/α-hetero) is 1. The SMILES string of the molecule is Cc1ccsc1-c1ccc(CCC(=O)[C@@H]2C[C@@H](O)CN2C(=O)c2cccc(N)c2C)cc1. The van der Waals surface area contributed by atoms with Gasteiger partial charge in [-0.05, 0) is 66.1 Å². The topological polar surface area (TPSA) is 83.6 Å². The summed E-state index contributed by atoms with van der Waals surface area (Å²) in [7, 11) is 0. The van der Waals surface area contributed by atoms with E-state index in [1.807, 2.05) is 0 Å². The van der Waals surface area contributed by atoms with Gasteiger partial charge >= 0.3 is 0 Å². The maximum Gasteiger partial charge on any atom is 0.254 e. The van der Waals surface area contributed by atoms with E-state index in [9.17, 15) is 14.7 Å². The number of hydrogen-bond donors (Lipinski definition) is 2. The van der Waals surface area contributed by atoms with Gasteiger partial charge in [0.2, 0.25) is 0 Å². The second-order valence-corrected chi connectivity index (χ2v) is 9.39. The average Bonchev–Trinajstić information content (AvgIpc) is 3.39. The number of rotatable bonds is 6. The van der Waals surface area contributed by atoms with Crippen molar-refractivity contribution in [3.63, 3.8) is 0 Å². The molecule has 0 saturated carbocycles. The number of likely N-dealkylation sites (tertiary alicyclic amines) is 1. The molecule has 0 spiro atoms. The summed E-state index contributed by atoms with van der Waals surface area (Å²) in [5.41, 5.74) is 11.2. The van der Waals surface area contributed by atoms with Crippen molar-refractivity contribution in [2.75, 3.05) is 12.3 Å². The van der Waals surface area contributed by atoms with E-state index in [1.54, 1.807) is 36.5 Å². The van der Waals surface area contributed by atoms with Crippen molar-refractivity contribution in [2.45, 2.75) is 45.3 Å². The molecule has 2 aromatic carbocycles. The quantitative estimate of drug-likeness (QED) is 0.548. The molecule has 3 aromatic rings. The third-order valence-electron chi connectivity index (χ3n) is 6.26. The minimum absolute atomic E-state index is 0.0189. The number of thiophene rings is 1. The predicted octanol–water partition coefficient (Wildman–Crippen LogP) is 4.39. The molecule has 0 radical (unpaired) electrons. The van der Waals surface area contributed by atoms with Crippen LogP contribution in [0.2, 0.25) is 0 Å². The van der Waals surface area contributed by atoms with Gasteiger partial charge in [-0.3, -0.25) is 9.59 Å². The van der Waals surface area contributed by atoms with Crippen LogP contribution in [0.25, 0.3) is 10.4 Å². The normalized spacial score (nSPS) is 18.2. The lowest BCUT2D eigenvalue weighted by molar-refractivity contribution is -0.122. The smallest absolute Gasteiger partial charge is 0.254 e. The van der Waals surface area contributed by atoms with E-state index >= 15 is 0 Å². The second kappa shape index (κ2) is 9.27. The van der Waals surface area contributed by atoms with Crippen molar-refractivity contribution in [2.24, 2.45) is 0 Å². The Balaban J connectivity index is 1.43. The monoisotopic (exact) mass is 448 g/mol. The van der Waals surface area contributed by atoms with Gasteiger partial charge in [0.1, 0.15) is 0 Å². The summed E-state index contributed by atoms with van der Waals surface area (Å²) in [5, 5.41) is 12.3. The Labute approximate surface area is 192 Å². The van der Waals surface area contributed by atoms with E-state index in [2.05, 4.69) is 42.6 Å². The Bertz CT molecular complexity index is 1140. The molecule has 1 aliphatic heterocycles. The van der Waals surface area contributed by atoms with Crippen molar-refractivity contribution in [1.29, 1.82) is 0 Å². The van der Waals surface area contributed by atoms with Crippen LogP contribution in [0, 0.1) is 13.8 Å². The van der Waals surface area contributed by atoms with Crippen LogP contribution in [0.5, 0.6) is 0 Å². The predicted molar refractivity (Wildman–Crippen MR) is 129 cm³/mol. The first-order valence-electron chi connectivity index (χ1n) is 10.9. The molecule has 6 heteroatoms. The molecule has 1 amide bonds. The number of benzene rings is 2. The summed E-state index contributed by atoms with van der Waals surface area (Å²) in [5.74, 6) is -0.269. The van der Waals surface area contributed by atoms with Crippen molar-refractivity contribution >= 4 is 28.7 Å². The van der Waals surface area contributed by atoms with Crippen LogP contribution >= 0.6 is 11.3 Å². The van der Waals surface area contributed by atoms with Crippen LogP contribution in [0.3, 0.4) is 0 Å². The van der Waals surface area contributed by atoms with Gasteiger partial charge in [-0.1, -0.05) is 30.3 Å². The van der Waals surface area contributed by atoms with Gasteiger partial charge in [0.15, 0.2) is 5.78 Å². The molecule has 2 atom stereocenters. The first-order chi connectivity index (χ1) is 15.3. The van der Waals surface area contributed by atoms with Crippen molar-refractivity contribution in [1.82, 2.24) is 4.90 Å². The summed E-state index contributed by atoms with van der Waals surface area (Å²) >= 11 is 1.72. The van der Waals surface area contributed by atoms with Crippen molar-refractivity contribution in [3.05, 3.63) is 76.2 Å². The lowest BCUT2D eigenvalue weighted by atomic mass is 9.99. The molecule has 1 saturated heterocycles. The fraction of sp³-hybridized carbons (Fsp3) is 0.308. The Hall–Kier alpha value is -2.96. The molecular formula is C26H28N2O3S. The van der Waals surface area contributed by atoms with E-state index in [4.69, 9.17) is 5.73 Å². The zero-order chi connectivity index (χ0) is 22.8. The Morgan fingerprint density at radius 2 is 1.88 bits per heavy atom. The van der Waals surface area contributed by atoms with Crippen molar-refractivity contribution in [3.8, 4) is 10.4 Å². The Kier molecular flexibility index (Phi) is 6.44. The van der Waals surface area contributed by atoms with Gasteiger partial charge in [0.05, 0.1) is 12.1 Å². The number of carbonyl (C=O) groups is 2. The van der Waals surface area contributed by atoms with E-state index in [0.29, 0.717) is 29.7 Å². The van der Waals surface area contributed by atoms with Gasteiger partial charge in [-0.25, -0.2) is 0 Å². The highest BCUT2D eigenvalue weighted by Crippen LogP contribution is 2.30. The first kappa shape index (κ1) is 22.2. The third kappa shape index (κ3) is 4.47. The molecule has 5 nitrogen and oxygen atoms in total.